The fourth-order valence-corrected chi connectivity index (χ4v) is 1.40. The zero-order valence-electron chi connectivity index (χ0n) is 7.66. The number of rotatable bonds is 2. The highest BCUT2D eigenvalue weighted by Gasteiger charge is 2.26. The van der Waals surface area contributed by atoms with Gasteiger partial charge in [0.25, 0.3) is 0 Å². The minimum absolute atomic E-state index is 0.166. The van der Waals surface area contributed by atoms with E-state index < -0.39 is 0 Å². The Morgan fingerprint density at radius 3 is 2.62 bits per heavy atom. The lowest BCUT2D eigenvalue weighted by molar-refractivity contribution is 0.0849. The number of carbonyl (C=O) groups excluding carboxylic acids is 1. The molecule has 0 N–H and O–H groups in total. The van der Waals surface area contributed by atoms with Crippen LogP contribution in [0.25, 0.3) is 0 Å². The molecule has 0 aliphatic heterocycles. The molecule has 0 spiro atoms. The average molecular weight is 176 g/mol. The first-order valence-corrected chi connectivity index (χ1v) is 4.60. The Balaban J connectivity index is 2.15. The molecule has 0 amide bonds. The maximum atomic E-state index is 11.6. The lowest BCUT2D eigenvalue weighted by atomic mass is 9.81. The van der Waals surface area contributed by atoms with Crippen molar-refractivity contribution in [2.75, 3.05) is 0 Å². The SMILES string of the molecule is Cc1cnc(C(=O)C2CCC2)cn1. The van der Waals surface area contributed by atoms with Crippen molar-refractivity contribution in [3.05, 3.63) is 23.8 Å². The average Bonchev–Trinajstić information content (AvgIpc) is 2.02. The van der Waals surface area contributed by atoms with Crippen LogP contribution in [0.2, 0.25) is 0 Å². The minimum Gasteiger partial charge on any atom is -0.292 e. The molecule has 0 bridgehead atoms. The summed E-state index contributed by atoms with van der Waals surface area (Å²) in [6.45, 7) is 1.87. The third kappa shape index (κ3) is 1.59. The Bertz CT molecular complexity index is 314. The molecule has 1 aliphatic rings. The summed E-state index contributed by atoms with van der Waals surface area (Å²) in [6.07, 6.45) is 6.44. The van der Waals surface area contributed by atoms with Crippen LogP contribution in [-0.4, -0.2) is 15.8 Å². The van der Waals surface area contributed by atoms with Gasteiger partial charge in [0.2, 0.25) is 0 Å². The molecule has 13 heavy (non-hydrogen) atoms. The Labute approximate surface area is 77.2 Å². The number of nitrogens with zero attached hydrogens (tertiary/aromatic N) is 2. The molecule has 0 saturated heterocycles. The molecule has 0 aromatic carbocycles. The van der Waals surface area contributed by atoms with Crippen molar-refractivity contribution in [2.45, 2.75) is 26.2 Å². The van der Waals surface area contributed by atoms with Crippen LogP contribution < -0.4 is 0 Å². The lowest BCUT2D eigenvalue weighted by Gasteiger charge is -2.22. The van der Waals surface area contributed by atoms with E-state index in [4.69, 9.17) is 0 Å². The van der Waals surface area contributed by atoms with Gasteiger partial charge in [0.1, 0.15) is 5.69 Å². The summed E-state index contributed by atoms with van der Waals surface area (Å²) in [6, 6.07) is 0. The van der Waals surface area contributed by atoms with Gasteiger partial charge in [-0.1, -0.05) is 6.42 Å². The maximum absolute atomic E-state index is 11.6. The fraction of sp³-hybridized carbons (Fsp3) is 0.500. The van der Waals surface area contributed by atoms with E-state index in [0.717, 1.165) is 18.5 Å². The molecule has 1 aromatic rings. The highest BCUT2D eigenvalue weighted by molar-refractivity contribution is 5.96. The first kappa shape index (κ1) is 8.35. The molecular formula is C10H12N2O. The normalized spacial score (nSPS) is 16.7. The van der Waals surface area contributed by atoms with Gasteiger partial charge in [0, 0.05) is 12.1 Å². The quantitative estimate of drug-likeness (QED) is 0.645. The molecule has 1 aliphatic carbocycles. The van der Waals surface area contributed by atoms with Crippen molar-refractivity contribution < 1.29 is 4.79 Å². The van der Waals surface area contributed by atoms with Gasteiger partial charge in [-0.05, 0) is 19.8 Å². The molecule has 3 nitrogen and oxygen atoms in total. The monoisotopic (exact) mass is 176 g/mol. The molecular weight excluding hydrogens is 164 g/mol. The number of hydrogen-bond acceptors (Lipinski definition) is 3. The summed E-state index contributed by atoms with van der Waals surface area (Å²) in [5.74, 6) is 0.385. The predicted molar refractivity (Wildman–Crippen MR) is 48.4 cm³/mol. The number of Topliss-reactive ketones (excluding diaryl/α,β-unsaturated/α-hetero) is 1. The van der Waals surface area contributed by atoms with Crippen LogP contribution in [-0.2, 0) is 0 Å². The molecule has 1 fully saturated rings. The maximum Gasteiger partial charge on any atom is 0.185 e. The van der Waals surface area contributed by atoms with Gasteiger partial charge >= 0.3 is 0 Å². The first-order valence-electron chi connectivity index (χ1n) is 4.60. The number of ketones is 1. The third-order valence-electron chi connectivity index (χ3n) is 2.51. The van der Waals surface area contributed by atoms with Gasteiger partial charge in [-0.15, -0.1) is 0 Å². The molecule has 2 rings (SSSR count). The molecule has 1 saturated carbocycles. The van der Waals surface area contributed by atoms with Gasteiger partial charge in [0.15, 0.2) is 5.78 Å². The predicted octanol–water partition coefficient (Wildman–Crippen LogP) is 1.77. The van der Waals surface area contributed by atoms with Crippen molar-refractivity contribution in [1.82, 2.24) is 9.97 Å². The third-order valence-corrected chi connectivity index (χ3v) is 2.51. The van der Waals surface area contributed by atoms with E-state index in [1.165, 1.54) is 6.42 Å². The summed E-state index contributed by atoms with van der Waals surface area (Å²) < 4.78 is 0. The highest BCUT2D eigenvalue weighted by Crippen LogP contribution is 2.28. The van der Waals surface area contributed by atoms with E-state index in [1.807, 2.05) is 6.92 Å². The van der Waals surface area contributed by atoms with Gasteiger partial charge in [-0.25, -0.2) is 4.98 Å². The van der Waals surface area contributed by atoms with E-state index in [-0.39, 0.29) is 11.7 Å². The second kappa shape index (κ2) is 3.24. The molecule has 0 radical (unpaired) electrons. The second-order valence-electron chi connectivity index (χ2n) is 3.54. The van der Waals surface area contributed by atoms with E-state index in [1.54, 1.807) is 12.4 Å². The van der Waals surface area contributed by atoms with Crippen LogP contribution in [0.5, 0.6) is 0 Å². The Hall–Kier alpha value is -1.25. The highest BCUT2D eigenvalue weighted by atomic mass is 16.1. The summed E-state index contributed by atoms with van der Waals surface area (Å²) >= 11 is 0. The van der Waals surface area contributed by atoms with Crippen LogP contribution in [0.1, 0.15) is 35.4 Å². The Morgan fingerprint density at radius 2 is 2.15 bits per heavy atom. The zero-order chi connectivity index (χ0) is 9.26. The fourth-order valence-electron chi connectivity index (χ4n) is 1.40. The van der Waals surface area contributed by atoms with Gasteiger partial charge in [0.05, 0.1) is 11.9 Å². The van der Waals surface area contributed by atoms with Crippen LogP contribution >= 0.6 is 0 Å². The first-order chi connectivity index (χ1) is 6.27. The largest absolute Gasteiger partial charge is 0.292 e. The number of aryl methyl sites for hydroxylation is 1. The Morgan fingerprint density at radius 1 is 1.38 bits per heavy atom. The summed E-state index contributed by atoms with van der Waals surface area (Å²) in [5, 5.41) is 0. The van der Waals surface area contributed by atoms with E-state index in [9.17, 15) is 4.79 Å². The number of hydrogen-bond donors (Lipinski definition) is 0. The standard InChI is InChI=1S/C10H12N2O/c1-7-5-12-9(6-11-7)10(13)8-3-2-4-8/h5-6,8H,2-4H2,1H3. The molecule has 1 aromatic heterocycles. The van der Waals surface area contributed by atoms with Crippen LogP contribution in [0, 0.1) is 12.8 Å². The van der Waals surface area contributed by atoms with E-state index >= 15 is 0 Å². The van der Waals surface area contributed by atoms with Gasteiger partial charge in [-0.2, -0.15) is 0 Å². The van der Waals surface area contributed by atoms with Crippen molar-refractivity contribution in [3.63, 3.8) is 0 Å². The van der Waals surface area contributed by atoms with E-state index in [2.05, 4.69) is 9.97 Å². The van der Waals surface area contributed by atoms with Crippen molar-refractivity contribution in [3.8, 4) is 0 Å². The number of aromatic nitrogens is 2. The van der Waals surface area contributed by atoms with E-state index in [0.29, 0.717) is 5.69 Å². The van der Waals surface area contributed by atoms with Crippen molar-refractivity contribution in [2.24, 2.45) is 5.92 Å². The second-order valence-corrected chi connectivity index (χ2v) is 3.54. The topological polar surface area (TPSA) is 42.9 Å². The molecule has 1 heterocycles. The smallest absolute Gasteiger partial charge is 0.185 e. The molecule has 3 heteroatoms. The number of carbonyl (C=O) groups is 1. The molecule has 0 unspecified atom stereocenters. The summed E-state index contributed by atoms with van der Waals surface area (Å²) in [5.41, 5.74) is 1.38. The van der Waals surface area contributed by atoms with Crippen molar-refractivity contribution in [1.29, 1.82) is 0 Å². The minimum atomic E-state index is 0.166. The van der Waals surface area contributed by atoms with Crippen molar-refractivity contribution >= 4 is 5.78 Å². The van der Waals surface area contributed by atoms with Gasteiger partial charge < -0.3 is 0 Å². The van der Waals surface area contributed by atoms with Crippen LogP contribution in [0.3, 0.4) is 0 Å². The lowest BCUT2D eigenvalue weighted by Crippen LogP contribution is -2.22. The summed E-state index contributed by atoms with van der Waals surface area (Å²) in [4.78, 5) is 19.8. The van der Waals surface area contributed by atoms with Gasteiger partial charge in [-0.3, -0.25) is 9.78 Å². The van der Waals surface area contributed by atoms with Crippen LogP contribution in [0.15, 0.2) is 12.4 Å². The summed E-state index contributed by atoms with van der Waals surface area (Å²) in [7, 11) is 0. The Kier molecular flexibility index (Phi) is 2.08. The van der Waals surface area contributed by atoms with Crippen LogP contribution in [0.4, 0.5) is 0 Å². The zero-order valence-corrected chi connectivity index (χ0v) is 7.66. The molecule has 68 valence electrons. The molecule has 0 atom stereocenters.